The molecule has 0 atom stereocenters. The van der Waals surface area contributed by atoms with Crippen LogP contribution in [0.15, 0.2) is 24.3 Å². The first-order valence-corrected chi connectivity index (χ1v) is 8.12. The second-order valence-corrected chi connectivity index (χ2v) is 5.59. The molecule has 0 amide bonds. The topological polar surface area (TPSA) is 0 Å². The number of halogens is 2. The zero-order valence-electron chi connectivity index (χ0n) is 10.1. The molecule has 0 unspecified atom stereocenters. The molecule has 1 aromatic carbocycles. The van der Waals surface area contributed by atoms with Crippen LogP contribution in [0.4, 0.5) is 0 Å². The lowest BCUT2D eigenvalue weighted by molar-refractivity contribution is 0.478. The maximum absolute atomic E-state index is 3.70. The number of alkyl halides is 2. The number of unbranched alkanes of at least 4 members (excludes halogenated alkanes) is 1. The van der Waals surface area contributed by atoms with Crippen LogP contribution in [-0.2, 0) is 5.41 Å². The number of aryl methyl sites for hydroxylation is 1. The fraction of sp³-hybridized carbons (Fsp3) is 0.571. The van der Waals surface area contributed by atoms with Gasteiger partial charge < -0.3 is 0 Å². The highest BCUT2D eigenvalue weighted by Crippen LogP contribution is 2.35. The first kappa shape index (κ1) is 14.2. The highest BCUT2D eigenvalue weighted by atomic mass is 79.9. The molecular weight excluding hydrogens is 328 g/mol. The molecule has 2 heteroatoms. The summed E-state index contributed by atoms with van der Waals surface area (Å²) in [6.07, 6.45) is 3.78. The molecule has 0 aliphatic heterocycles. The van der Waals surface area contributed by atoms with E-state index in [0.717, 1.165) is 10.7 Å². The van der Waals surface area contributed by atoms with Crippen molar-refractivity contribution in [3.8, 4) is 0 Å². The van der Waals surface area contributed by atoms with E-state index in [1.807, 2.05) is 0 Å². The zero-order valence-corrected chi connectivity index (χ0v) is 13.3. The Labute approximate surface area is 116 Å². The van der Waals surface area contributed by atoms with Gasteiger partial charge in [0.1, 0.15) is 0 Å². The molecular formula is C14H20Br2. The Morgan fingerprint density at radius 2 is 1.75 bits per heavy atom. The third kappa shape index (κ3) is 3.10. The van der Waals surface area contributed by atoms with E-state index in [0.29, 0.717) is 0 Å². The van der Waals surface area contributed by atoms with Crippen molar-refractivity contribution in [1.29, 1.82) is 0 Å². The van der Waals surface area contributed by atoms with Crippen molar-refractivity contribution in [2.75, 3.05) is 10.7 Å². The number of benzene rings is 1. The van der Waals surface area contributed by atoms with E-state index < -0.39 is 0 Å². The van der Waals surface area contributed by atoms with Gasteiger partial charge in [0.2, 0.25) is 0 Å². The summed E-state index contributed by atoms with van der Waals surface area (Å²) in [4.78, 5) is 0. The molecule has 0 fully saturated rings. The predicted octanol–water partition coefficient (Wildman–Crippen LogP) is 5.21. The molecule has 0 N–H and O–H groups in total. The van der Waals surface area contributed by atoms with Crippen molar-refractivity contribution in [2.45, 2.75) is 38.5 Å². The molecule has 0 nitrogen and oxygen atoms in total. The Bertz CT molecular complexity index is 316. The van der Waals surface area contributed by atoms with Gasteiger partial charge in [-0.1, -0.05) is 75.9 Å². The predicted molar refractivity (Wildman–Crippen MR) is 80.0 cm³/mol. The van der Waals surface area contributed by atoms with Crippen LogP contribution in [0.3, 0.4) is 0 Å². The summed E-state index contributed by atoms with van der Waals surface area (Å²) in [5.41, 5.74) is 3.14. The summed E-state index contributed by atoms with van der Waals surface area (Å²) >= 11 is 7.41. The van der Waals surface area contributed by atoms with Crippen LogP contribution in [0.1, 0.15) is 37.3 Å². The zero-order chi connectivity index (χ0) is 12.0. The highest BCUT2D eigenvalue weighted by molar-refractivity contribution is 9.09. The minimum absolute atomic E-state index is 0.251. The fourth-order valence-corrected chi connectivity index (χ4v) is 4.22. The summed E-state index contributed by atoms with van der Waals surface area (Å²) in [5, 5.41) is 2.05. The van der Waals surface area contributed by atoms with Crippen molar-refractivity contribution in [2.24, 2.45) is 0 Å². The molecule has 90 valence electrons. The summed E-state index contributed by atoms with van der Waals surface area (Å²) in [7, 11) is 0. The molecule has 0 aliphatic carbocycles. The quantitative estimate of drug-likeness (QED) is 0.619. The van der Waals surface area contributed by atoms with Crippen LogP contribution in [0.25, 0.3) is 0 Å². The molecule has 0 spiro atoms. The molecule has 0 aliphatic rings. The Morgan fingerprint density at radius 1 is 1.12 bits per heavy atom. The van der Waals surface area contributed by atoms with Crippen LogP contribution in [0.2, 0.25) is 0 Å². The Kier molecular flexibility index (Phi) is 6.06. The van der Waals surface area contributed by atoms with Crippen molar-refractivity contribution in [3.63, 3.8) is 0 Å². The number of hydrogen-bond acceptors (Lipinski definition) is 0. The lowest BCUT2D eigenvalue weighted by atomic mass is 9.78. The first-order chi connectivity index (χ1) is 7.70. The number of rotatable bonds is 6. The van der Waals surface area contributed by atoms with Gasteiger partial charge >= 0.3 is 0 Å². The summed E-state index contributed by atoms with van der Waals surface area (Å²) in [6.45, 7) is 4.46. The van der Waals surface area contributed by atoms with E-state index in [1.165, 1.54) is 30.4 Å². The van der Waals surface area contributed by atoms with Crippen LogP contribution in [0, 0.1) is 6.92 Å². The lowest BCUT2D eigenvalue weighted by Gasteiger charge is -2.32. The third-order valence-electron chi connectivity index (χ3n) is 3.24. The van der Waals surface area contributed by atoms with Crippen LogP contribution in [-0.4, -0.2) is 10.7 Å². The van der Waals surface area contributed by atoms with Crippen molar-refractivity contribution in [1.82, 2.24) is 0 Å². The van der Waals surface area contributed by atoms with Crippen molar-refractivity contribution >= 4 is 31.9 Å². The largest absolute Gasteiger partial charge is 0.0918 e. The summed E-state index contributed by atoms with van der Waals surface area (Å²) in [5.74, 6) is 0. The fourth-order valence-electron chi connectivity index (χ4n) is 2.13. The first-order valence-electron chi connectivity index (χ1n) is 5.88. The van der Waals surface area contributed by atoms with E-state index in [-0.39, 0.29) is 5.41 Å². The molecule has 0 saturated heterocycles. The lowest BCUT2D eigenvalue weighted by Crippen LogP contribution is -2.31. The Hall–Kier alpha value is 0.180. The van der Waals surface area contributed by atoms with Gasteiger partial charge in [0, 0.05) is 16.1 Å². The van der Waals surface area contributed by atoms with Gasteiger partial charge in [-0.2, -0.15) is 0 Å². The third-order valence-corrected chi connectivity index (χ3v) is 5.38. The normalized spacial score (nSPS) is 11.8. The molecule has 1 aromatic rings. The highest BCUT2D eigenvalue weighted by Gasteiger charge is 2.30. The van der Waals surface area contributed by atoms with Crippen molar-refractivity contribution < 1.29 is 0 Å². The number of hydrogen-bond donors (Lipinski definition) is 0. The molecule has 0 radical (unpaired) electrons. The maximum atomic E-state index is 3.70. The summed E-state index contributed by atoms with van der Waals surface area (Å²) in [6, 6.07) is 8.75. The van der Waals surface area contributed by atoms with Gasteiger partial charge in [-0.05, 0) is 24.5 Å². The molecule has 1 rings (SSSR count). The smallest absolute Gasteiger partial charge is 0.0149 e. The molecule has 0 bridgehead atoms. The van der Waals surface area contributed by atoms with Gasteiger partial charge in [-0.15, -0.1) is 0 Å². The SMILES string of the molecule is CCCCC(CBr)(CBr)c1ccccc1C. The molecule has 16 heavy (non-hydrogen) atoms. The van der Waals surface area contributed by atoms with Gasteiger partial charge in [0.25, 0.3) is 0 Å². The van der Waals surface area contributed by atoms with Gasteiger partial charge in [-0.25, -0.2) is 0 Å². The monoisotopic (exact) mass is 346 g/mol. The molecule has 0 aromatic heterocycles. The van der Waals surface area contributed by atoms with Crippen LogP contribution in [0.5, 0.6) is 0 Å². The van der Waals surface area contributed by atoms with E-state index in [1.54, 1.807) is 0 Å². The van der Waals surface area contributed by atoms with E-state index in [4.69, 9.17) is 0 Å². The molecule has 0 saturated carbocycles. The Morgan fingerprint density at radius 3 is 2.25 bits per heavy atom. The van der Waals surface area contributed by atoms with Crippen LogP contribution < -0.4 is 0 Å². The minimum atomic E-state index is 0.251. The van der Waals surface area contributed by atoms with Gasteiger partial charge in [-0.3, -0.25) is 0 Å². The second-order valence-electron chi connectivity index (χ2n) is 4.47. The summed E-state index contributed by atoms with van der Waals surface area (Å²) < 4.78 is 0. The maximum Gasteiger partial charge on any atom is 0.0149 e. The van der Waals surface area contributed by atoms with E-state index >= 15 is 0 Å². The second kappa shape index (κ2) is 6.80. The van der Waals surface area contributed by atoms with Crippen LogP contribution >= 0.6 is 31.9 Å². The minimum Gasteiger partial charge on any atom is -0.0918 e. The average molecular weight is 348 g/mol. The van der Waals surface area contributed by atoms with Gasteiger partial charge in [0.05, 0.1) is 0 Å². The van der Waals surface area contributed by atoms with E-state index in [2.05, 4.69) is 70.0 Å². The van der Waals surface area contributed by atoms with E-state index in [9.17, 15) is 0 Å². The standard InChI is InChI=1S/C14H20Br2/c1-3-4-9-14(10-15,11-16)13-8-6-5-7-12(13)2/h5-8H,3-4,9-11H2,1-2H3. The Balaban J connectivity index is 3.05. The van der Waals surface area contributed by atoms with Gasteiger partial charge in [0.15, 0.2) is 0 Å². The molecule has 0 heterocycles. The average Bonchev–Trinajstić information content (AvgIpc) is 2.33. The van der Waals surface area contributed by atoms with Crippen molar-refractivity contribution in [3.05, 3.63) is 35.4 Å².